The lowest BCUT2D eigenvalue weighted by Gasteiger charge is -2.11. The maximum Gasteiger partial charge on any atom is 0.269 e. The molecule has 3 N–H and O–H groups in total. The number of hydrogen-bond donors (Lipinski definition) is 2. The first-order chi connectivity index (χ1) is 12.5. The van der Waals surface area contributed by atoms with Crippen molar-refractivity contribution in [1.29, 1.82) is 0 Å². The monoisotopic (exact) mass is 355 g/mol. The SMILES string of the molecule is COc1cc2nc(NCc3ccc([N+](=O)[O-])cc3)nc(N)c2cc1OC. The summed E-state index contributed by atoms with van der Waals surface area (Å²) in [5.41, 5.74) is 7.54. The molecule has 0 aliphatic rings. The molecular formula is C17H17N5O4. The number of nitrogen functional groups attached to an aromatic ring is 1. The van der Waals surface area contributed by atoms with Crippen LogP contribution in [-0.4, -0.2) is 29.1 Å². The van der Waals surface area contributed by atoms with Gasteiger partial charge >= 0.3 is 0 Å². The molecule has 0 fully saturated rings. The van der Waals surface area contributed by atoms with Crippen LogP contribution in [0.15, 0.2) is 36.4 Å². The van der Waals surface area contributed by atoms with Gasteiger partial charge in [0, 0.05) is 30.1 Å². The molecule has 9 nitrogen and oxygen atoms in total. The number of hydrogen-bond acceptors (Lipinski definition) is 8. The highest BCUT2D eigenvalue weighted by Crippen LogP contribution is 2.33. The Balaban J connectivity index is 1.85. The van der Waals surface area contributed by atoms with Gasteiger partial charge in [-0.05, 0) is 11.6 Å². The summed E-state index contributed by atoms with van der Waals surface area (Å²) in [7, 11) is 3.09. The number of rotatable bonds is 6. The first kappa shape index (κ1) is 17.2. The molecule has 0 spiro atoms. The van der Waals surface area contributed by atoms with E-state index in [9.17, 15) is 10.1 Å². The molecule has 0 atom stereocenters. The summed E-state index contributed by atoms with van der Waals surface area (Å²) in [6.45, 7) is 0.399. The second kappa shape index (κ2) is 7.09. The van der Waals surface area contributed by atoms with Gasteiger partial charge in [0.05, 0.1) is 24.7 Å². The molecule has 26 heavy (non-hydrogen) atoms. The van der Waals surface area contributed by atoms with Crippen LogP contribution < -0.4 is 20.5 Å². The largest absolute Gasteiger partial charge is 0.493 e. The summed E-state index contributed by atoms with van der Waals surface area (Å²) in [6.07, 6.45) is 0. The molecule has 0 amide bonds. The maximum atomic E-state index is 10.7. The summed E-state index contributed by atoms with van der Waals surface area (Å²) in [6, 6.07) is 9.69. The highest BCUT2D eigenvalue weighted by Gasteiger charge is 2.12. The van der Waals surface area contributed by atoms with Crippen molar-refractivity contribution >= 4 is 28.4 Å². The van der Waals surface area contributed by atoms with Gasteiger partial charge in [0.1, 0.15) is 5.82 Å². The van der Waals surface area contributed by atoms with E-state index in [-0.39, 0.29) is 5.69 Å². The summed E-state index contributed by atoms with van der Waals surface area (Å²) in [5.74, 6) is 1.74. The molecule has 0 aliphatic carbocycles. The van der Waals surface area contributed by atoms with Gasteiger partial charge < -0.3 is 20.5 Å². The van der Waals surface area contributed by atoms with Crippen LogP contribution in [0.2, 0.25) is 0 Å². The van der Waals surface area contributed by atoms with Crippen LogP contribution in [0, 0.1) is 10.1 Å². The summed E-state index contributed by atoms with van der Waals surface area (Å²) in [5, 5.41) is 14.4. The van der Waals surface area contributed by atoms with Crippen LogP contribution >= 0.6 is 0 Å². The Labute approximate surface area is 148 Å². The van der Waals surface area contributed by atoms with E-state index >= 15 is 0 Å². The first-order valence-electron chi connectivity index (χ1n) is 7.68. The van der Waals surface area contributed by atoms with Gasteiger partial charge in [0.25, 0.3) is 5.69 Å². The molecular weight excluding hydrogens is 338 g/mol. The average molecular weight is 355 g/mol. The van der Waals surface area contributed by atoms with E-state index < -0.39 is 4.92 Å². The van der Waals surface area contributed by atoms with Gasteiger partial charge in [-0.1, -0.05) is 12.1 Å². The fraction of sp³-hybridized carbons (Fsp3) is 0.176. The topological polar surface area (TPSA) is 125 Å². The van der Waals surface area contributed by atoms with Crippen LogP contribution in [0.5, 0.6) is 11.5 Å². The first-order valence-corrected chi connectivity index (χ1v) is 7.68. The van der Waals surface area contributed by atoms with Gasteiger partial charge in [-0.15, -0.1) is 0 Å². The zero-order valence-electron chi connectivity index (χ0n) is 14.2. The van der Waals surface area contributed by atoms with E-state index in [0.29, 0.717) is 40.7 Å². The van der Waals surface area contributed by atoms with Crippen LogP contribution in [0.4, 0.5) is 17.5 Å². The lowest BCUT2D eigenvalue weighted by molar-refractivity contribution is -0.384. The maximum absolute atomic E-state index is 10.7. The standard InChI is InChI=1S/C17H17N5O4/c1-25-14-7-12-13(8-15(14)26-2)20-17(21-16(12)18)19-9-10-3-5-11(6-4-10)22(23)24/h3-8H,9H2,1-2H3,(H3,18,19,20,21). The number of methoxy groups -OCH3 is 2. The Morgan fingerprint density at radius 3 is 2.38 bits per heavy atom. The molecule has 0 radical (unpaired) electrons. The molecule has 0 saturated carbocycles. The number of nitro groups is 1. The predicted molar refractivity (Wildman–Crippen MR) is 97.5 cm³/mol. The normalized spacial score (nSPS) is 10.5. The van der Waals surface area contributed by atoms with Crippen LogP contribution in [0.1, 0.15) is 5.56 Å². The quantitative estimate of drug-likeness (QED) is 0.511. The van der Waals surface area contributed by atoms with Crippen molar-refractivity contribution in [3.8, 4) is 11.5 Å². The van der Waals surface area contributed by atoms with E-state index in [1.165, 1.54) is 12.1 Å². The van der Waals surface area contributed by atoms with Gasteiger partial charge in [-0.2, -0.15) is 4.98 Å². The molecule has 0 saturated heterocycles. The number of fused-ring (bicyclic) bond motifs is 1. The number of nitrogens with one attached hydrogen (secondary N) is 1. The highest BCUT2D eigenvalue weighted by atomic mass is 16.6. The number of nitrogens with two attached hydrogens (primary N) is 1. The van der Waals surface area contributed by atoms with Crippen LogP contribution in [-0.2, 0) is 6.54 Å². The van der Waals surface area contributed by atoms with Crippen LogP contribution in [0.3, 0.4) is 0 Å². The van der Waals surface area contributed by atoms with Gasteiger partial charge in [0.2, 0.25) is 5.95 Å². The van der Waals surface area contributed by atoms with Crippen molar-refractivity contribution in [3.63, 3.8) is 0 Å². The van der Waals surface area contributed by atoms with E-state index in [2.05, 4.69) is 15.3 Å². The van der Waals surface area contributed by atoms with Gasteiger partial charge in [0.15, 0.2) is 11.5 Å². The zero-order chi connectivity index (χ0) is 18.7. The van der Waals surface area contributed by atoms with E-state index in [1.807, 2.05) is 0 Å². The van der Waals surface area contributed by atoms with Crippen molar-refractivity contribution in [2.24, 2.45) is 0 Å². The lowest BCUT2D eigenvalue weighted by Crippen LogP contribution is -2.06. The Morgan fingerprint density at radius 1 is 1.12 bits per heavy atom. The third-order valence-corrected chi connectivity index (χ3v) is 3.83. The summed E-state index contributed by atoms with van der Waals surface area (Å²) in [4.78, 5) is 18.9. The van der Waals surface area contributed by atoms with Crippen LogP contribution in [0.25, 0.3) is 10.9 Å². The fourth-order valence-corrected chi connectivity index (χ4v) is 2.48. The van der Waals surface area contributed by atoms with Gasteiger partial charge in [-0.25, -0.2) is 4.98 Å². The van der Waals surface area contributed by atoms with E-state index in [4.69, 9.17) is 15.2 Å². The second-order valence-corrected chi connectivity index (χ2v) is 5.43. The highest BCUT2D eigenvalue weighted by molar-refractivity contribution is 5.91. The van der Waals surface area contributed by atoms with Crippen molar-refractivity contribution in [3.05, 3.63) is 52.1 Å². The van der Waals surface area contributed by atoms with Crippen molar-refractivity contribution in [2.45, 2.75) is 6.54 Å². The molecule has 0 aliphatic heterocycles. The Bertz CT molecular complexity index is 960. The molecule has 0 bridgehead atoms. The molecule has 9 heteroatoms. The third kappa shape index (κ3) is 3.41. The Hall–Kier alpha value is -3.62. The molecule has 2 aromatic carbocycles. The summed E-state index contributed by atoms with van der Waals surface area (Å²) < 4.78 is 10.5. The minimum atomic E-state index is -0.438. The Morgan fingerprint density at radius 2 is 1.77 bits per heavy atom. The lowest BCUT2D eigenvalue weighted by atomic mass is 10.2. The minimum absolute atomic E-state index is 0.0426. The number of anilines is 2. The van der Waals surface area contributed by atoms with Crippen molar-refractivity contribution < 1.29 is 14.4 Å². The van der Waals surface area contributed by atoms with E-state index in [0.717, 1.165) is 5.56 Å². The average Bonchev–Trinajstić information content (AvgIpc) is 2.65. The van der Waals surface area contributed by atoms with Gasteiger partial charge in [-0.3, -0.25) is 10.1 Å². The number of nitro benzene ring substituents is 1. The molecule has 3 aromatic rings. The Kier molecular flexibility index (Phi) is 4.70. The summed E-state index contributed by atoms with van der Waals surface area (Å²) >= 11 is 0. The van der Waals surface area contributed by atoms with Crippen molar-refractivity contribution in [2.75, 3.05) is 25.3 Å². The second-order valence-electron chi connectivity index (χ2n) is 5.43. The number of ether oxygens (including phenoxy) is 2. The molecule has 0 unspecified atom stereocenters. The molecule has 1 heterocycles. The number of non-ortho nitro benzene ring substituents is 1. The predicted octanol–water partition coefficient (Wildman–Crippen LogP) is 2.75. The number of benzene rings is 2. The van der Waals surface area contributed by atoms with Crippen molar-refractivity contribution in [1.82, 2.24) is 9.97 Å². The number of aromatic nitrogens is 2. The number of nitrogens with zero attached hydrogens (tertiary/aromatic N) is 3. The fourth-order valence-electron chi connectivity index (χ4n) is 2.48. The smallest absolute Gasteiger partial charge is 0.269 e. The third-order valence-electron chi connectivity index (χ3n) is 3.83. The zero-order valence-corrected chi connectivity index (χ0v) is 14.2. The van der Waals surface area contributed by atoms with E-state index in [1.54, 1.807) is 38.5 Å². The minimum Gasteiger partial charge on any atom is -0.493 e. The molecule has 1 aromatic heterocycles. The molecule has 3 rings (SSSR count). The molecule has 134 valence electrons.